The minimum absolute atomic E-state index is 0.262. The summed E-state index contributed by atoms with van der Waals surface area (Å²) in [4.78, 5) is 7.96. The molecule has 4 nitrogen and oxygen atoms in total. The SMILES string of the molecule is c1ccc(N2c3ccccc3[N+](c3ccccc3)(c3ccccc3)C2c2nc3ccccc3n2-c2ccccc2)cc1. The normalized spacial score (nSPS) is 15.5. The van der Waals surface area contributed by atoms with E-state index in [2.05, 4.69) is 179 Å². The maximum atomic E-state index is 5.48. The van der Waals surface area contributed by atoms with Gasteiger partial charge in [-0.15, -0.1) is 0 Å². The van der Waals surface area contributed by atoms with Gasteiger partial charge < -0.3 is 0 Å². The van der Waals surface area contributed by atoms with Gasteiger partial charge in [0, 0.05) is 41.7 Å². The fraction of sp³-hybridized carbons (Fsp3) is 0.0263. The van der Waals surface area contributed by atoms with Crippen LogP contribution in [0.3, 0.4) is 0 Å². The zero-order valence-corrected chi connectivity index (χ0v) is 23.0. The molecule has 0 saturated heterocycles. The van der Waals surface area contributed by atoms with Crippen LogP contribution in [0.5, 0.6) is 0 Å². The number of anilines is 2. The number of nitrogens with zero attached hydrogens (tertiary/aromatic N) is 4. The Balaban J connectivity index is 1.56. The number of imidazole rings is 1. The fourth-order valence-electron chi connectivity index (χ4n) is 6.66. The van der Waals surface area contributed by atoms with E-state index in [0.717, 1.165) is 33.9 Å². The quantitative estimate of drug-likeness (QED) is 0.202. The summed E-state index contributed by atoms with van der Waals surface area (Å²) in [5.41, 5.74) is 8.97. The Morgan fingerprint density at radius 2 is 0.976 bits per heavy atom. The average molecular weight is 542 g/mol. The molecule has 1 aliphatic rings. The average Bonchev–Trinajstić information content (AvgIpc) is 3.61. The Bertz CT molecular complexity index is 1940. The molecule has 1 aromatic heterocycles. The fourth-order valence-corrected chi connectivity index (χ4v) is 6.66. The Hall–Kier alpha value is -5.45. The summed E-state index contributed by atoms with van der Waals surface area (Å²) >= 11 is 0. The standard InChI is InChI=1S/C38H29N4/c1-5-17-29(18-6-1)40-34-26-14-13-25-33(34)39-37(40)38-41(30-19-7-2-8-20-30)35-27-15-16-28-36(35)42(38,31-21-9-3-10-22-31)32-23-11-4-12-24-32/h1-28,38H/q+1. The van der Waals surface area contributed by atoms with Crippen LogP contribution in [0.4, 0.5) is 28.4 Å². The van der Waals surface area contributed by atoms with Crippen molar-refractivity contribution >= 4 is 39.5 Å². The molecule has 1 unspecified atom stereocenters. The monoisotopic (exact) mass is 541 g/mol. The second-order valence-electron chi connectivity index (χ2n) is 10.6. The molecule has 0 bridgehead atoms. The third-order valence-corrected chi connectivity index (χ3v) is 8.33. The summed E-state index contributed by atoms with van der Waals surface area (Å²) in [5, 5.41) is 0. The minimum Gasteiger partial charge on any atom is -0.290 e. The second kappa shape index (κ2) is 9.88. The summed E-state index contributed by atoms with van der Waals surface area (Å²) in [6.07, 6.45) is -0.262. The molecule has 6 aromatic carbocycles. The highest BCUT2D eigenvalue weighted by Gasteiger charge is 2.58. The van der Waals surface area contributed by atoms with Crippen LogP contribution in [0.1, 0.15) is 12.0 Å². The number of fused-ring (bicyclic) bond motifs is 2. The number of rotatable bonds is 5. The molecule has 0 saturated carbocycles. The number of benzene rings is 6. The number of para-hydroxylation sites is 8. The van der Waals surface area contributed by atoms with Crippen LogP contribution in [0.15, 0.2) is 170 Å². The highest BCUT2D eigenvalue weighted by molar-refractivity contribution is 5.91. The van der Waals surface area contributed by atoms with Crippen molar-refractivity contribution in [3.05, 3.63) is 176 Å². The van der Waals surface area contributed by atoms with Gasteiger partial charge in [0.1, 0.15) is 17.1 Å². The third kappa shape index (κ3) is 3.56. The van der Waals surface area contributed by atoms with E-state index in [1.807, 2.05) is 0 Å². The van der Waals surface area contributed by atoms with E-state index in [4.69, 9.17) is 4.98 Å². The van der Waals surface area contributed by atoms with Crippen molar-refractivity contribution in [3.63, 3.8) is 0 Å². The Kier molecular flexibility index (Phi) is 5.73. The molecule has 0 fully saturated rings. The van der Waals surface area contributed by atoms with Crippen LogP contribution in [-0.4, -0.2) is 9.55 Å². The predicted molar refractivity (Wildman–Crippen MR) is 173 cm³/mol. The predicted octanol–water partition coefficient (Wildman–Crippen LogP) is 9.85. The van der Waals surface area contributed by atoms with Crippen LogP contribution in [0.25, 0.3) is 16.7 Å². The van der Waals surface area contributed by atoms with Crippen molar-refractivity contribution in [3.8, 4) is 5.69 Å². The van der Waals surface area contributed by atoms with Gasteiger partial charge in [-0.1, -0.05) is 97.1 Å². The van der Waals surface area contributed by atoms with Crippen molar-refractivity contribution in [2.24, 2.45) is 0 Å². The summed E-state index contributed by atoms with van der Waals surface area (Å²) in [6, 6.07) is 60.4. The van der Waals surface area contributed by atoms with Gasteiger partial charge in [0.25, 0.3) is 0 Å². The molecule has 0 amide bonds. The maximum Gasteiger partial charge on any atom is 0.243 e. The molecule has 8 rings (SSSR count). The van der Waals surface area contributed by atoms with Gasteiger partial charge in [0.15, 0.2) is 11.5 Å². The van der Waals surface area contributed by atoms with E-state index in [-0.39, 0.29) is 6.17 Å². The lowest BCUT2D eigenvalue weighted by atomic mass is 10.1. The van der Waals surface area contributed by atoms with Gasteiger partial charge in [-0.05, 0) is 42.5 Å². The molecule has 0 N–H and O–H groups in total. The van der Waals surface area contributed by atoms with E-state index in [1.54, 1.807) is 0 Å². The first-order chi connectivity index (χ1) is 20.9. The highest BCUT2D eigenvalue weighted by Crippen LogP contribution is 2.63. The lowest BCUT2D eigenvalue weighted by Gasteiger charge is -2.40. The molecule has 1 aliphatic heterocycles. The van der Waals surface area contributed by atoms with Crippen molar-refractivity contribution in [1.82, 2.24) is 14.0 Å². The minimum atomic E-state index is -0.262. The molecule has 4 heteroatoms. The molecule has 200 valence electrons. The second-order valence-corrected chi connectivity index (χ2v) is 10.6. The van der Waals surface area contributed by atoms with E-state index in [9.17, 15) is 0 Å². The molecule has 0 spiro atoms. The third-order valence-electron chi connectivity index (χ3n) is 8.33. The summed E-state index contributed by atoms with van der Waals surface area (Å²) in [6.45, 7) is 0. The smallest absolute Gasteiger partial charge is 0.243 e. The molecule has 1 atom stereocenters. The summed E-state index contributed by atoms with van der Waals surface area (Å²) < 4.78 is 2.81. The Labute approximate surface area is 245 Å². The topological polar surface area (TPSA) is 21.1 Å². The van der Waals surface area contributed by atoms with Crippen LogP contribution < -0.4 is 9.38 Å². The van der Waals surface area contributed by atoms with E-state index < -0.39 is 0 Å². The highest BCUT2D eigenvalue weighted by atomic mass is 15.6. The van der Waals surface area contributed by atoms with Crippen LogP contribution in [0.2, 0.25) is 0 Å². The number of hydrogen-bond donors (Lipinski definition) is 0. The molecule has 0 aliphatic carbocycles. The van der Waals surface area contributed by atoms with Gasteiger partial charge in [0.05, 0.1) is 11.0 Å². The molecular formula is C38H29N4+. The summed E-state index contributed by atoms with van der Waals surface area (Å²) in [7, 11) is 0. The number of aromatic nitrogens is 2. The van der Waals surface area contributed by atoms with Gasteiger partial charge >= 0.3 is 0 Å². The van der Waals surface area contributed by atoms with Gasteiger partial charge in [-0.2, -0.15) is 4.48 Å². The van der Waals surface area contributed by atoms with Crippen LogP contribution in [-0.2, 0) is 0 Å². The first-order valence-corrected chi connectivity index (χ1v) is 14.3. The lowest BCUT2D eigenvalue weighted by Crippen LogP contribution is -2.45. The zero-order chi connectivity index (χ0) is 27.9. The van der Waals surface area contributed by atoms with E-state index in [1.165, 1.54) is 17.1 Å². The Morgan fingerprint density at radius 1 is 0.476 bits per heavy atom. The van der Waals surface area contributed by atoms with Crippen LogP contribution >= 0.6 is 0 Å². The van der Waals surface area contributed by atoms with Crippen molar-refractivity contribution in [1.29, 1.82) is 0 Å². The van der Waals surface area contributed by atoms with Crippen molar-refractivity contribution < 1.29 is 0 Å². The molecule has 7 aromatic rings. The lowest BCUT2D eigenvalue weighted by molar-refractivity contribution is 0.403. The molecule has 2 heterocycles. The van der Waals surface area contributed by atoms with Crippen LogP contribution in [0, 0.1) is 0 Å². The number of quaternary nitrogens is 1. The Morgan fingerprint density at radius 3 is 1.62 bits per heavy atom. The molecular weight excluding hydrogens is 512 g/mol. The van der Waals surface area contributed by atoms with Crippen molar-refractivity contribution in [2.75, 3.05) is 4.90 Å². The van der Waals surface area contributed by atoms with E-state index in [0.29, 0.717) is 4.48 Å². The van der Waals surface area contributed by atoms with Gasteiger partial charge in [-0.25, -0.2) is 4.98 Å². The molecule has 42 heavy (non-hydrogen) atoms. The largest absolute Gasteiger partial charge is 0.290 e. The maximum absolute atomic E-state index is 5.48. The first kappa shape index (κ1) is 24.4. The zero-order valence-electron chi connectivity index (χ0n) is 23.0. The van der Waals surface area contributed by atoms with E-state index >= 15 is 0 Å². The number of hydrogen-bond acceptors (Lipinski definition) is 2. The first-order valence-electron chi connectivity index (χ1n) is 14.3. The summed E-state index contributed by atoms with van der Waals surface area (Å²) in [5.74, 6) is 0.968. The van der Waals surface area contributed by atoms with Crippen molar-refractivity contribution in [2.45, 2.75) is 6.17 Å². The van der Waals surface area contributed by atoms with Gasteiger partial charge in [-0.3, -0.25) is 9.47 Å². The molecule has 0 radical (unpaired) electrons. The van der Waals surface area contributed by atoms with Gasteiger partial charge in [0.2, 0.25) is 6.17 Å².